The van der Waals surface area contributed by atoms with Crippen molar-refractivity contribution in [3.63, 3.8) is 0 Å². The number of hydrogen-bond donors (Lipinski definition) is 3. The van der Waals surface area contributed by atoms with E-state index in [-0.39, 0.29) is 5.75 Å². The van der Waals surface area contributed by atoms with Gasteiger partial charge in [-0.1, -0.05) is 0 Å². The third kappa shape index (κ3) is 2.54. The van der Waals surface area contributed by atoms with Gasteiger partial charge >= 0.3 is 0 Å². The van der Waals surface area contributed by atoms with Crippen LogP contribution in [0.15, 0.2) is 51.6 Å². The van der Waals surface area contributed by atoms with Crippen LogP contribution in [-0.4, -0.2) is 30.3 Å². The molecule has 0 bridgehead atoms. The van der Waals surface area contributed by atoms with E-state index in [1.807, 2.05) is 12.1 Å². The Hall–Kier alpha value is -2.61. The second-order valence-electron chi connectivity index (χ2n) is 3.85. The number of hydrogen-bond acceptors (Lipinski definition) is 6. The maximum atomic E-state index is 11.1. The summed E-state index contributed by atoms with van der Waals surface area (Å²) in [6, 6.07) is 5.01. The lowest BCUT2D eigenvalue weighted by Crippen LogP contribution is -2.03. The smallest absolute Gasteiger partial charge is 0.290 e. The van der Waals surface area contributed by atoms with Gasteiger partial charge < -0.3 is 10.1 Å². The first-order valence-electron chi connectivity index (χ1n) is 5.65. The minimum Gasteiger partial charge on any atom is -0.503 e. The van der Waals surface area contributed by atoms with E-state index in [1.54, 1.807) is 12.4 Å². The standard InChI is InChI=1S/C12H9N5O2S/c18-9-5-8(6-14-11(9)19)20-12-15-10(16-17-12)7-1-3-13-4-2-7/h1-6,18H,(H,14,19)(H,15,16,17). The molecule has 0 aliphatic heterocycles. The molecule has 0 aliphatic rings. The summed E-state index contributed by atoms with van der Waals surface area (Å²) in [6.45, 7) is 0. The Bertz CT molecular complexity index is 784. The van der Waals surface area contributed by atoms with Gasteiger partial charge in [-0.25, -0.2) is 4.98 Å². The molecule has 3 aromatic heterocycles. The lowest BCUT2D eigenvalue weighted by molar-refractivity contribution is 0.464. The lowest BCUT2D eigenvalue weighted by atomic mass is 10.3. The van der Waals surface area contributed by atoms with Gasteiger partial charge in [-0.05, 0) is 23.9 Å². The Labute approximate surface area is 117 Å². The Kier molecular flexibility index (Phi) is 3.21. The number of nitrogens with one attached hydrogen (secondary N) is 2. The van der Waals surface area contributed by atoms with Crippen molar-refractivity contribution < 1.29 is 5.11 Å². The first kappa shape index (κ1) is 12.4. The predicted octanol–water partition coefficient (Wildman–Crippen LogP) is 1.41. The van der Waals surface area contributed by atoms with Gasteiger partial charge in [0.05, 0.1) is 0 Å². The van der Waals surface area contributed by atoms with E-state index in [2.05, 4.69) is 25.1 Å². The molecule has 0 radical (unpaired) electrons. The van der Waals surface area contributed by atoms with Crippen molar-refractivity contribution in [1.29, 1.82) is 0 Å². The Morgan fingerprint density at radius 2 is 2.05 bits per heavy atom. The molecule has 0 saturated heterocycles. The van der Waals surface area contributed by atoms with E-state index in [4.69, 9.17) is 0 Å². The zero-order valence-corrected chi connectivity index (χ0v) is 10.9. The molecule has 0 unspecified atom stereocenters. The molecule has 0 saturated carbocycles. The summed E-state index contributed by atoms with van der Waals surface area (Å²) in [4.78, 5) is 22.4. The summed E-state index contributed by atoms with van der Waals surface area (Å²) < 4.78 is 0. The van der Waals surface area contributed by atoms with Gasteiger partial charge in [0.1, 0.15) is 0 Å². The minimum absolute atomic E-state index is 0.333. The average molecular weight is 287 g/mol. The second kappa shape index (κ2) is 5.17. The number of nitrogens with zero attached hydrogens (tertiary/aromatic N) is 3. The van der Waals surface area contributed by atoms with Crippen LogP contribution in [0.25, 0.3) is 11.4 Å². The first-order valence-corrected chi connectivity index (χ1v) is 6.46. The van der Waals surface area contributed by atoms with Gasteiger partial charge in [-0.2, -0.15) is 0 Å². The van der Waals surface area contributed by atoms with Crippen LogP contribution in [0.2, 0.25) is 0 Å². The SMILES string of the molecule is O=c1[nH]cc(Sc2n[nH]c(-c3ccncc3)n2)cc1O. The molecule has 3 N–H and O–H groups in total. The van der Waals surface area contributed by atoms with Crippen LogP contribution in [0.5, 0.6) is 5.75 Å². The molecule has 0 fully saturated rings. The maximum Gasteiger partial charge on any atom is 0.290 e. The van der Waals surface area contributed by atoms with E-state index in [1.165, 1.54) is 24.0 Å². The predicted molar refractivity (Wildman–Crippen MR) is 72.5 cm³/mol. The lowest BCUT2D eigenvalue weighted by Gasteiger charge is -1.96. The highest BCUT2D eigenvalue weighted by molar-refractivity contribution is 7.99. The monoisotopic (exact) mass is 287 g/mol. The van der Waals surface area contributed by atoms with Crippen LogP contribution in [0.1, 0.15) is 0 Å². The van der Waals surface area contributed by atoms with Crippen molar-refractivity contribution in [2.75, 3.05) is 0 Å². The maximum absolute atomic E-state index is 11.1. The Balaban J connectivity index is 1.84. The van der Waals surface area contributed by atoms with E-state index in [9.17, 15) is 9.90 Å². The van der Waals surface area contributed by atoms with Crippen LogP contribution in [0.3, 0.4) is 0 Å². The fourth-order valence-electron chi connectivity index (χ4n) is 1.55. The number of aromatic amines is 2. The number of pyridine rings is 2. The highest BCUT2D eigenvalue weighted by atomic mass is 32.2. The molecule has 0 atom stereocenters. The average Bonchev–Trinajstić information content (AvgIpc) is 2.92. The summed E-state index contributed by atoms with van der Waals surface area (Å²) in [6.07, 6.45) is 4.84. The van der Waals surface area contributed by atoms with Crippen LogP contribution in [0.4, 0.5) is 0 Å². The van der Waals surface area contributed by atoms with Crippen LogP contribution in [-0.2, 0) is 0 Å². The summed E-state index contributed by atoms with van der Waals surface area (Å²) in [5.41, 5.74) is 0.352. The number of H-pyrrole nitrogens is 2. The van der Waals surface area contributed by atoms with Crippen molar-refractivity contribution in [2.45, 2.75) is 10.1 Å². The molecular formula is C12H9N5O2S. The number of aromatic nitrogens is 5. The summed E-state index contributed by atoms with van der Waals surface area (Å²) >= 11 is 1.23. The highest BCUT2D eigenvalue weighted by Gasteiger charge is 2.08. The summed E-state index contributed by atoms with van der Waals surface area (Å²) in [5, 5.41) is 16.7. The van der Waals surface area contributed by atoms with Gasteiger partial charge in [-0.15, -0.1) is 5.10 Å². The zero-order valence-electron chi connectivity index (χ0n) is 10.1. The Morgan fingerprint density at radius 1 is 1.25 bits per heavy atom. The molecule has 0 amide bonds. The molecule has 0 aromatic carbocycles. The van der Waals surface area contributed by atoms with Crippen molar-refractivity contribution in [3.05, 3.63) is 47.1 Å². The van der Waals surface area contributed by atoms with Gasteiger partial charge in [0.15, 0.2) is 11.6 Å². The molecular weight excluding hydrogens is 278 g/mol. The Morgan fingerprint density at radius 3 is 2.80 bits per heavy atom. The van der Waals surface area contributed by atoms with Gasteiger partial charge in [0.25, 0.3) is 5.56 Å². The van der Waals surface area contributed by atoms with Crippen molar-refractivity contribution in [1.82, 2.24) is 25.1 Å². The van der Waals surface area contributed by atoms with E-state index >= 15 is 0 Å². The second-order valence-corrected chi connectivity index (χ2v) is 4.89. The molecule has 100 valence electrons. The summed E-state index contributed by atoms with van der Waals surface area (Å²) in [5.74, 6) is 0.295. The summed E-state index contributed by atoms with van der Waals surface area (Å²) in [7, 11) is 0. The fraction of sp³-hybridized carbons (Fsp3) is 0. The van der Waals surface area contributed by atoms with Crippen molar-refractivity contribution in [3.8, 4) is 17.1 Å². The first-order chi connectivity index (χ1) is 9.72. The number of aromatic hydroxyl groups is 1. The third-order valence-corrected chi connectivity index (χ3v) is 3.32. The quantitative estimate of drug-likeness (QED) is 0.672. The van der Waals surface area contributed by atoms with Gasteiger partial charge in [-0.3, -0.25) is 14.9 Å². The molecule has 3 heterocycles. The molecule has 8 heteroatoms. The molecule has 3 aromatic rings. The molecule has 3 rings (SSSR count). The van der Waals surface area contributed by atoms with Gasteiger partial charge in [0.2, 0.25) is 5.16 Å². The van der Waals surface area contributed by atoms with E-state index < -0.39 is 5.56 Å². The largest absolute Gasteiger partial charge is 0.503 e. The molecule has 0 aliphatic carbocycles. The van der Waals surface area contributed by atoms with Crippen molar-refractivity contribution in [2.24, 2.45) is 0 Å². The normalized spacial score (nSPS) is 10.6. The number of rotatable bonds is 3. The van der Waals surface area contributed by atoms with E-state index in [0.717, 1.165) is 5.56 Å². The highest BCUT2D eigenvalue weighted by Crippen LogP contribution is 2.26. The zero-order chi connectivity index (χ0) is 13.9. The fourth-order valence-corrected chi connectivity index (χ4v) is 2.28. The van der Waals surface area contributed by atoms with Crippen molar-refractivity contribution >= 4 is 11.8 Å². The van der Waals surface area contributed by atoms with Crippen LogP contribution in [0, 0.1) is 0 Å². The minimum atomic E-state index is -0.526. The van der Waals surface area contributed by atoms with Crippen LogP contribution < -0.4 is 5.56 Å². The molecule has 20 heavy (non-hydrogen) atoms. The topological polar surface area (TPSA) is 108 Å². The van der Waals surface area contributed by atoms with Gasteiger partial charge in [0, 0.05) is 35.1 Å². The molecule has 7 nitrogen and oxygen atoms in total. The van der Waals surface area contributed by atoms with Crippen LogP contribution >= 0.6 is 11.8 Å². The van der Waals surface area contributed by atoms with E-state index in [0.29, 0.717) is 15.9 Å². The molecule has 0 spiro atoms. The third-order valence-electron chi connectivity index (χ3n) is 2.48.